The van der Waals surface area contributed by atoms with Crippen molar-refractivity contribution in [2.75, 3.05) is 25.5 Å². The maximum atomic E-state index is 11.7. The van der Waals surface area contributed by atoms with Gasteiger partial charge >= 0.3 is 0 Å². The smallest absolute Gasteiger partial charge is 0.239 e. The maximum Gasteiger partial charge on any atom is 0.239 e. The van der Waals surface area contributed by atoms with Crippen molar-refractivity contribution in [3.05, 3.63) is 29.8 Å². The first-order chi connectivity index (χ1) is 8.70. The molecule has 1 aliphatic rings. The van der Waals surface area contributed by atoms with E-state index >= 15 is 0 Å². The van der Waals surface area contributed by atoms with Gasteiger partial charge in [0.2, 0.25) is 11.8 Å². The summed E-state index contributed by atoms with van der Waals surface area (Å²) < 4.78 is 0. The van der Waals surface area contributed by atoms with Gasteiger partial charge in [0, 0.05) is 31.6 Å². The van der Waals surface area contributed by atoms with Crippen LogP contribution in [0, 0.1) is 0 Å². The van der Waals surface area contributed by atoms with Crippen molar-refractivity contribution in [2.45, 2.75) is 12.3 Å². The summed E-state index contributed by atoms with van der Waals surface area (Å²) in [4.78, 5) is 22.7. The van der Waals surface area contributed by atoms with E-state index in [4.69, 9.17) is 0 Å². The van der Waals surface area contributed by atoms with Crippen LogP contribution in [0.2, 0.25) is 0 Å². The van der Waals surface area contributed by atoms with Crippen LogP contribution in [0.1, 0.15) is 17.9 Å². The normalized spacial score (nSPS) is 16.6. The molecule has 1 aromatic carbocycles. The van der Waals surface area contributed by atoms with Crippen LogP contribution in [0.15, 0.2) is 24.3 Å². The minimum Gasteiger partial charge on any atom is -0.384 e. The number of carbonyl (C=O) groups is 2. The van der Waals surface area contributed by atoms with E-state index in [0.717, 1.165) is 12.2 Å². The molecular formula is C13H17N3O2. The van der Waals surface area contributed by atoms with Crippen molar-refractivity contribution in [2.24, 2.45) is 0 Å². The molecule has 2 amide bonds. The fraction of sp³-hybridized carbons (Fsp3) is 0.385. The van der Waals surface area contributed by atoms with E-state index in [1.807, 2.05) is 24.3 Å². The fourth-order valence-corrected chi connectivity index (χ4v) is 2.10. The quantitative estimate of drug-likeness (QED) is 0.723. The molecule has 5 heteroatoms. The molecule has 0 aliphatic carbocycles. The van der Waals surface area contributed by atoms with Crippen LogP contribution in [0.4, 0.5) is 5.69 Å². The van der Waals surface area contributed by atoms with Gasteiger partial charge in [-0.2, -0.15) is 0 Å². The fourth-order valence-electron chi connectivity index (χ4n) is 2.10. The van der Waals surface area contributed by atoms with E-state index in [0.29, 0.717) is 6.42 Å². The van der Waals surface area contributed by atoms with Crippen molar-refractivity contribution in [3.8, 4) is 0 Å². The third-order valence-corrected chi connectivity index (χ3v) is 3.10. The Morgan fingerprint density at radius 2 is 2.11 bits per heavy atom. The first-order valence-corrected chi connectivity index (χ1v) is 6.00. The standard InChI is InChI=1S/C13H17N3O2/c1-14-13(18)8-16-12(17)6-9-7-15-11-5-3-2-4-10(9)11/h2-5,9,15H,6-8H2,1H3,(H,14,18)(H,16,17). The van der Waals surface area contributed by atoms with Crippen molar-refractivity contribution in [1.29, 1.82) is 0 Å². The molecule has 0 fully saturated rings. The van der Waals surface area contributed by atoms with Gasteiger partial charge in [-0.15, -0.1) is 0 Å². The highest BCUT2D eigenvalue weighted by molar-refractivity contribution is 5.85. The van der Waals surface area contributed by atoms with Gasteiger partial charge in [0.25, 0.3) is 0 Å². The van der Waals surface area contributed by atoms with E-state index in [1.165, 1.54) is 5.56 Å². The van der Waals surface area contributed by atoms with Gasteiger partial charge in [-0.25, -0.2) is 0 Å². The van der Waals surface area contributed by atoms with Gasteiger partial charge in [-0.05, 0) is 11.6 Å². The summed E-state index contributed by atoms with van der Waals surface area (Å²) in [6.07, 6.45) is 0.404. The number of nitrogens with one attached hydrogen (secondary N) is 3. The third kappa shape index (κ3) is 2.80. The Morgan fingerprint density at radius 3 is 2.89 bits per heavy atom. The lowest BCUT2D eigenvalue weighted by atomic mass is 9.97. The average Bonchev–Trinajstić information content (AvgIpc) is 2.79. The van der Waals surface area contributed by atoms with Gasteiger partial charge in [0.05, 0.1) is 6.54 Å². The van der Waals surface area contributed by atoms with Gasteiger partial charge < -0.3 is 16.0 Å². The summed E-state index contributed by atoms with van der Waals surface area (Å²) in [5, 5.41) is 8.35. The van der Waals surface area contributed by atoms with Gasteiger partial charge in [0.15, 0.2) is 0 Å². The van der Waals surface area contributed by atoms with E-state index < -0.39 is 0 Å². The summed E-state index contributed by atoms with van der Waals surface area (Å²) in [5.41, 5.74) is 2.27. The minimum absolute atomic E-state index is 0.0388. The zero-order valence-electron chi connectivity index (χ0n) is 10.3. The molecule has 0 radical (unpaired) electrons. The van der Waals surface area contributed by atoms with E-state index in [1.54, 1.807) is 7.05 Å². The minimum atomic E-state index is -0.187. The van der Waals surface area contributed by atoms with Gasteiger partial charge in [0.1, 0.15) is 0 Å². The molecule has 1 heterocycles. The lowest BCUT2D eigenvalue weighted by Crippen LogP contribution is -2.35. The summed E-state index contributed by atoms with van der Waals surface area (Å²) in [6.45, 7) is 0.809. The number of carbonyl (C=O) groups excluding carboxylic acids is 2. The molecular weight excluding hydrogens is 230 g/mol. The molecule has 96 valence electrons. The van der Waals surface area contributed by atoms with Crippen LogP contribution in [0.25, 0.3) is 0 Å². The molecule has 0 saturated carbocycles. The molecule has 0 spiro atoms. The average molecular weight is 247 g/mol. The molecule has 0 aromatic heterocycles. The number of hydrogen-bond donors (Lipinski definition) is 3. The number of likely N-dealkylation sites (N-methyl/N-ethyl adjacent to an activating group) is 1. The zero-order valence-corrected chi connectivity index (χ0v) is 10.3. The Bertz CT molecular complexity index is 459. The predicted octanol–water partition coefficient (Wildman–Crippen LogP) is 0.448. The Morgan fingerprint density at radius 1 is 1.33 bits per heavy atom. The van der Waals surface area contributed by atoms with Crippen LogP contribution >= 0.6 is 0 Å². The number of anilines is 1. The van der Waals surface area contributed by atoms with Crippen molar-refractivity contribution < 1.29 is 9.59 Å². The van der Waals surface area contributed by atoms with Crippen LogP contribution in [0.3, 0.4) is 0 Å². The number of fused-ring (bicyclic) bond motifs is 1. The summed E-state index contributed by atoms with van der Waals surface area (Å²) in [6, 6.07) is 7.99. The zero-order chi connectivity index (χ0) is 13.0. The first kappa shape index (κ1) is 12.4. The Hall–Kier alpha value is -2.04. The van der Waals surface area contributed by atoms with Crippen molar-refractivity contribution in [3.63, 3.8) is 0 Å². The second kappa shape index (κ2) is 5.53. The predicted molar refractivity (Wildman–Crippen MR) is 69.4 cm³/mol. The maximum absolute atomic E-state index is 11.7. The monoisotopic (exact) mass is 247 g/mol. The third-order valence-electron chi connectivity index (χ3n) is 3.10. The first-order valence-electron chi connectivity index (χ1n) is 6.00. The van der Waals surface area contributed by atoms with Crippen LogP contribution < -0.4 is 16.0 Å². The van der Waals surface area contributed by atoms with E-state index in [9.17, 15) is 9.59 Å². The SMILES string of the molecule is CNC(=O)CNC(=O)CC1CNc2ccccc21. The highest BCUT2D eigenvalue weighted by atomic mass is 16.2. The van der Waals surface area contributed by atoms with Crippen molar-refractivity contribution in [1.82, 2.24) is 10.6 Å². The second-order valence-corrected chi connectivity index (χ2v) is 4.32. The summed E-state index contributed by atoms with van der Waals surface area (Å²) in [5.74, 6) is -0.0960. The van der Waals surface area contributed by atoms with Gasteiger partial charge in [-0.3, -0.25) is 9.59 Å². The van der Waals surface area contributed by atoms with Crippen LogP contribution in [-0.2, 0) is 9.59 Å². The van der Waals surface area contributed by atoms with Crippen LogP contribution in [0.5, 0.6) is 0 Å². The molecule has 18 heavy (non-hydrogen) atoms. The second-order valence-electron chi connectivity index (χ2n) is 4.32. The molecule has 1 aromatic rings. The molecule has 1 atom stereocenters. The summed E-state index contributed by atoms with van der Waals surface area (Å²) in [7, 11) is 1.55. The number of para-hydroxylation sites is 1. The topological polar surface area (TPSA) is 70.2 Å². The lowest BCUT2D eigenvalue weighted by molar-refractivity contribution is -0.126. The van der Waals surface area contributed by atoms with Crippen LogP contribution in [-0.4, -0.2) is 32.0 Å². The highest BCUT2D eigenvalue weighted by Crippen LogP contribution is 2.32. The lowest BCUT2D eigenvalue weighted by Gasteiger charge is -2.10. The highest BCUT2D eigenvalue weighted by Gasteiger charge is 2.23. The molecule has 0 bridgehead atoms. The number of rotatable bonds is 4. The molecule has 2 rings (SSSR count). The number of hydrogen-bond acceptors (Lipinski definition) is 3. The summed E-state index contributed by atoms with van der Waals surface area (Å²) >= 11 is 0. The van der Waals surface area contributed by atoms with Crippen molar-refractivity contribution >= 4 is 17.5 Å². The Kier molecular flexibility index (Phi) is 3.82. The Labute approximate surface area is 106 Å². The molecule has 1 unspecified atom stereocenters. The number of amides is 2. The molecule has 1 aliphatic heterocycles. The molecule has 3 N–H and O–H groups in total. The Balaban J connectivity index is 1.88. The number of benzene rings is 1. The van der Waals surface area contributed by atoms with E-state index in [2.05, 4.69) is 16.0 Å². The van der Waals surface area contributed by atoms with E-state index in [-0.39, 0.29) is 24.3 Å². The largest absolute Gasteiger partial charge is 0.384 e. The molecule has 5 nitrogen and oxygen atoms in total. The van der Waals surface area contributed by atoms with Gasteiger partial charge in [-0.1, -0.05) is 18.2 Å². The molecule has 0 saturated heterocycles.